The normalized spacial score (nSPS) is 20.0. The van der Waals surface area contributed by atoms with Gasteiger partial charge in [0, 0.05) is 22.5 Å². The van der Waals surface area contributed by atoms with Gasteiger partial charge in [0.2, 0.25) is 11.8 Å². The second-order valence-electron chi connectivity index (χ2n) is 8.16. The Kier molecular flexibility index (Phi) is 7.48. The molecule has 0 saturated heterocycles. The molecule has 2 amide bonds. The largest absolute Gasteiger partial charge is 0.344 e. The molecule has 29 heavy (non-hydrogen) atoms. The molecule has 1 aliphatic rings. The summed E-state index contributed by atoms with van der Waals surface area (Å²) in [6, 6.07) is 14.9. The van der Waals surface area contributed by atoms with E-state index in [1.54, 1.807) is 0 Å². The maximum atomic E-state index is 13.0. The summed E-state index contributed by atoms with van der Waals surface area (Å²) in [6.07, 6.45) is 4.42. The molecule has 1 atom stereocenters. The smallest absolute Gasteiger partial charge is 0.247 e. The van der Waals surface area contributed by atoms with Gasteiger partial charge in [-0.2, -0.15) is 0 Å². The number of amides is 2. The van der Waals surface area contributed by atoms with Crippen LogP contribution in [0.25, 0.3) is 0 Å². The number of hydrogen-bond donors (Lipinski definition) is 2. The summed E-state index contributed by atoms with van der Waals surface area (Å²) < 4.78 is 0.996. The van der Waals surface area contributed by atoms with Crippen LogP contribution < -0.4 is 10.6 Å². The molecule has 0 unspecified atom stereocenters. The number of halogens is 1. The number of carbonyl (C=O) groups is 2. The van der Waals surface area contributed by atoms with Gasteiger partial charge in [0.1, 0.15) is 6.04 Å². The fourth-order valence-corrected chi connectivity index (χ4v) is 4.07. The van der Waals surface area contributed by atoms with Gasteiger partial charge >= 0.3 is 0 Å². The highest BCUT2D eigenvalue weighted by Gasteiger charge is 2.28. The third-order valence-electron chi connectivity index (χ3n) is 5.73. The van der Waals surface area contributed by atoms with E-state index in [1.165, 1.54) is 0 Å². The van der Waals surface area contributed by atoms with Crippen molar-refractivity contribution < 1.29 is 9.59 Å². The van der Waals surface area contributed by atoms with Crippen molar-refractivity contribution >= 4 is 33.4 Å². The van der Waals surface area contributed by atoms with E-state index in [2.05, 4.69) is 33.5 Å². The summed E-state index contributed by atoms with van der Waals surface area (Å²) in [4.78, 5) is 25.9. The quantitative estimate of drug-likeness (QED) is 0.623. The average molecular weight is 457 g/mol. The van der Waals surface area contributed by atoms with Crippen LogP contribution in [-0.2, 0) is 16.0 Å². The molecule has 3 rings (SSSR count). The molecule has 0 aromatic heterocycles. The predicted molar refractivity (Wildman–Crippen MR) is 121 cm³/mol. The van der Waals surface area contributed by atoms with E-state index >= 15 is 0 Å². The topological polar surface area (TPSA) is 58.2 Å². The zero-order valence-corrected chi connectivity index (χ0v) is 18.7. The highest BCUT2D eigenvalue weighted by molar-refractivity contribution is 9.10. The van der Waals surface area contributed by atoms with Crippen LogP contribution in [0.1, 0.15) is 43.7 Å². The van der Waals surface area contributed by atoms with Crippen LogP contribution in [-0.4, -0.2) is 17.9 Å². The van der Waals surface area contributed by atoms with Gasteiger partial charge in [0.25, 0.3) is 0 Å². The Bertz CT molecular complexity index is 845. The fourth-order valence-electron chi connectivity index (χ4n) is 3.82. The molecular weight excluding hydrogens is 428 g/mol. The van der Waals surface area contributed by atoms with Crippen molar-refractivity contribution in [3.8, 4) is 0 Å². The van der Waals surface area contributed by atoms with E-state index in [1.807, 2.05) is 55.5 Å². The number of benzene rings is 2. The van der Waals surface area contributed by atoms with E-state index in [9.17, 15) is 9.59 Å². The van der Waals surface area contributed by atoms with Crippen LogP contribution in [0.15, 0.2) is 53.0 Å². The first-order valence-electron chi connectivity index (χ1n) is 10.3. The number of aryl methyl sites for hydroxylation is 1. The standard InChI is InChI=1S/C24H29BrN2O2/c1-16-8-10-19(11-9-16)23(28)27-22(15-18-6-4-3-5-7-18)24(29)26-20-12-13-21(25)17(2)14-20/h3-7,12-14,16,19,22H,8-11,15H2,1-2H3,(H,26,29)(H,27,28)/t16?,19?,22-/m0/s1. The minimum Gasteiger partial charge on any atom is -0.344 e. The zero-order chi connectivity index (χ0) is 20.8. The Morgan fingerprint density at radius 2 is 1.76 bits per heavy atom. The third kappa shape index (κ3) is 6.17. The monoisotopic (exact) mass is 456 g/mol. The Morgan fingerprint density at radius 1 is 1.07 bits per heavy atom. The number of rotatable bonds is 6. The number of nitrogens with one attached hydrogen (secondary N) is 2. The van der Waals surface area contributed by atoms with Crippen LogP contribution in [0, 0.1) is 18.8 Å². The van der Waals surface area contributed by atoms with Crippen molar-refractivity contribution in [2.75, 3.05) is 5.32 Å². The van der Waals surface area contributed by atoms with E-state index in [0.29, 0.717) is 12.3 Å². The molecular formula is C24H29BrN2O2. The van der Waals surface area contributed by atoms with E-state index in [0.717, 1.165) is 47.0 Å². The molecule has 2 N–H and O–H groups in total. The molecule has 2 aromatic rings. The van der Waals surface area contributed by atoms with Gasteiger partial charge in [-0.1, -0.05) is 53.2 Å². The van der Waals surface area contributed by atoms with Crippen molar-refractivity contribution in [3.05, 3.63) is 64.1 Å². The second-order valence-corrected chi connectivity index (χ2v) is 9.02. The lowest BCUT2D eigenvalue weighted by Gasteiger charge is -2.27. The van der Waals surface area contributed by atoms with E-state index in [-0.39, 0.29) is 17.7 Å². The first kappa shape index (κ1) is 21.6. The Morgan fingerprint density at radius 3 is 2.41 bits per heavy atom. The van der Waals surface area contributed by atoms with Crippen molar-refractivity contribution in [2.45, 2.75) is 52.0 Å². The summed E-state index contributed by atoms with van der Waals surface area (Å²) in [5.41, 5.74) is 2.80. The molecule has 1 aliphatic carbocycles. The maximum absolute atomic E-state index is 13.0. The summed E-state index contributed by atoms with van der Waals surface area (Å²) in [6.45, 7) is 4.22. The molecule has 4 nitrogen and oxygen atoms in total. The van der Waals surface area contributed by atoms with Crippen molar-refractivity contribution in [1.82, 2.24) is 5.32 Å². The fraction of sp³-hybridized carbons (Fsp3) is 0.417. The van der Waals surface area contributed by atoms with Gasteiger partial charge in [0.15, 0.2) is 0 Å². The highest BCUT2D eigenvalue weighted by Crippen LogP contribution is 2.28. The van der Waals surface area contributed by atoms with Gasteiger partial charge in [-0.3, -0.25) is 9.59 Å². The van der Waals surface area contributed by atoms with Crippen LogP contribution >= 0.6 is 15.9 Å². The van der Waals surface area contributed by atoms with Gasteiger partial charge in [-0.25, -0.2) is 0 Å². The maximum Gasteiger partial charge on any atom is 0.247 e. The minimum atomic E-state index is -0.604. The van der Waals surface area contributed by atoms with Crippen LogP contribution in [0.3, 0.4) is 0 Å². The van der Waals surface area contributed by atoms with Crippen molar-refractivity contribution in [2.24, 2.45) is 11.8 Å². The van der Waals surface area contributed by atoms with Crippen LogP contribution in [0.5, 0.6) is 0 Å². The van der Waals surface area contributed by atoms with E-state index < -0.39 is 6.04 Å². The Hall–Kier alpha value is -2.14. The second kappa shape index (κ2) is 10.1. The minimum absolute atomic E-state index is 0.0000298. The summed E-state index contributed by atoms with van der Waals surface area (Å²) >= 11 is 3.48. The van der Waals surface area contributed by atoms with Crippen LogP contribution in [0.4, 0.5) is 5.69 Å². The first-order valence-corrected chi connectivity index (χ1v) is 11.1. The number of hydrogen-bond acceptors (Lipinski definition) is 2. The van der Waals surface area contributed by atoms with Gasteiger partial charge in [0.05, 0.1) is 0 Å². The number of anilines is 1. The lowest BCUT2D eigenvalue weighted by molar-refractivity contribution is -0.130. The molecule has 0 aliphatic heterocycles. The first-order chi connectivity index (χ1) is 13.9. The predicted octanol–water partition coefficient (Wildman–Crippen LogP) is 5.25. The Balaban J connectivity index is 1.72. The van der Waals surface area contributed by atoms with Crippen LogP contribution in [0.2, 0.25) is 0 Å². The molecule has 1 fully saturated rings. The summed E-state index contributed by atoms with van der Waals surface area (Å²) in [5.74, 6) is 0.503. The molecule has 0 radical (unpaired) electrons. The molecule has 0 bridgehead atoms. The van der Waals surface area contributed by atoms with Gasteiger partial charge in [-0.15, -0.1) is 0 Å². The molecule has 1 saturated carbocycles. The molecule has 154 valence electrons. The van der Waals surface area contributed by atoms with Gasteiger partial charge in [-0.05, 0) is 67.9 Å². The molecule has 0 spiro atoms. The molecule has 2 aromatic carbocycles. The van der Waals surface area contributed by atoms with Gasteiger partial charge < -0.3 is 10.6 Å². The van der Waals surface area contributed by atoms with Crippen molar-refractivity contribution in [1.29, 1.82) is 0 Å². The number of carbonyl (C=O) groups excluding carboxylic acids is 2. The highest BCUT2D eigenvalue weighted by atomic mass is 79.9. The van der Waals surface area contributed by atoms with Crippen molar-refractivity contribution in [3.63, 3.8) is 0 Å². The molecule has 5 heteroatoms. The SMILES string of the molecule is Cc1cc(NC(=O)[C@H](Cc2ccccc2)NC(=O)C2CCC(C)CC2)ccc1Br. The third-order valence-corrected chi connectivity index (χ3v) is 6.62. The lowest BCUT2D eigenvalue weighted by Crippen LogP contribution is -2.47. The molecule has 0 heterocycles. The van der Waals surface area contributed by atoms with E-state index in [4.69, 9.17) is 0 Å². The average Bonchev–Trinajstić information content (AvgIpc) is 2.71. The summed E-state index contributed by atoms with van der Waals surface area (Å²) in [7, 11) is 0. The zero-order valence-electron chi connectivity index (χ0n) is 17.1. The Labute approximate surface area is 181 Å². The summed E-state index contributed by atoms with van der Waals surface area (Å²) in [5, 5.41) is 6.01. The lowest BCUT2D eigenvalue weighted by atomic mass is 9.82.